The fraction of sp³-hybridized carbons (Fsp3) is 0.300. The fourth-order valence-corrected chi connectivity index (χ4v) is 2.55. The molecule has 2 rings (SSSR count). The molecule has 0 radical (unpaired) electrons. The first-order chi connectivity index (χ1) is 7.09. The minimum absolute atomic E-state index is 0.0456. The van der Waals surface area contributed by atoms with E-state index in [2.05, 4.69) is 9.97 Å². The van der Waals surface area contributed by atoms with Gasteiger partial charge < -0.3 is 5.11 Å². The Morgan fingerprint density at radius 1 is 1.47 bits per heavy atom. The summed E-state index contributed by atoms with van der Waals surface area (Å²) in [6.07, 6.45) is 1.38. The fourth-order valence-electron chi connectivity index (χ4n) is 1.53. The Labute approximate surface area is 90.6 Å². The van der Waals surface area contributed by atoms with Crippen molar-refractivity contribution in [3.8, 4) is 0 Å². The molecule has 5 heteroatoms. The molecule has 0 bridgehead atoms. The number of thiophene rings is 1. The van der Waals surface area contributed by atoms with Gasteiger partial charge in [0.05, 0.1) is 12.1 Å². The molecule has 0 saturated carbocycles. The summed E-state index contributed by atoms with van der Waals surface area (Å²) in [5.74, 6) is -0.863. The Morgan fingerprint density at radius 3 is 2.87 bits per heavy atom. The van der Waals surface area contributed by atoms with Gasteiger partial charge in [-0.05, 0) is 19.4 Å². The predicted molar refractivity (Wildman–Crippen MR) is 58.2 cm³/mol. The first-order valence-electron chi connectivity index (χ1n) is 4.51. The molecule has 2 aromatic rings. The van der Waals surface area contributed by atoms with Crippen LogP contribution in [0.15, 0.2) is 6.33 Å². The molecule has 0 atom stereocenters. The van der Waals surface area contributed by atoms with E-state index in [9.17, 15) is 4.79 Å². The Balaban J connectivity index is 2.68. The number of carboxylic acid groups (broad SMARTS) is 1. The van der Waals surface area contributed by atoms with E-state index in [1.54, 1.807) is 11.3 Å². The Hall–Kier alpha value is -1.49. The number of nitrogens with zero attached hydrogens (tertiary/aromatic N) is 2. The molecule has 1 N–H and O–H groups in total. The lowest BCUT2D eigenvalue weighted by Crippen LogP contribution is -2.03. The number of aliphatic carboxylic acids is 1. The van der Waals surface area contributed by atoms with Crippen molar-refractivity contribution in [1.82, 2.24) is 9.97 Å². The lowest BCUT2D eigenvalue weighted by Gasteiger charge is -1.99. The molecule has 0 aromatic carbocycles. The molecule has 78 valence electrons. The molecule has 0 aliphatic heterocycles. The van der Waals surface area contributed by atoms with Gasteiger partial charge in [0.2, 0.25) is 0 Å². The van der Waals surface area contributed by atoms with Crippen LogP contribution in [0.1, 0.15) is 16.1 Å². The van der Waals surface area contributed by atoms with E-state index >= 15 is 0 Å². The number of fused-ring (bicyclic) bond motifs is 1. The van der Waals surface area contributed by atoms with Crippen LogP contribution in [0.2, 0.25) is 0 Å². The molecule has 2 aromatic heterocycles. The summed E-state index contributed by atoms with van der Waals surface area (Å²) < 4.78 is 0. The van der Waals surface area contributed by atoms with E-state index in [-0.39, 0.29) is 6.42 Å². The maximum atomic E-state index is 10.7. The van der Waals surface area contributed by atoms with Gasteiger partial charge in [-0.2, -0.15) is 0 Å². The summed E-state index contributed by atoms with van der Waals surface area (Å²) in [6, 6.07) is 0. The predicted octanol–water partition coefficient (Wildman–Crippen LogP) is 1.94. The Kier molecular flexibility index (Phi) is 2.40. The minimum Gasteiger partial charge on any atom is -0.481 e. The highest BCUT2D eigenvalue weighted by molar-refractivity contribution is 7.18. The number of carbonyl (C=O) groups is 1. The molecule has 0 aliphatic rings. The van der Waals surface area contributed by atoms with Crippen LogP contribution in [-0.4, -0.2) is 21.0 Å². The van der Waals surface area contributed by atoms with Crippen LogP contribution >= 0.6 is 11.3 Å². The van der Waals surface area contributed by atoms with E-state index < -0.39 is 5.97 Å². The zero-order valence-electron chi connectivity index (χ0n) is 8.44. The van der Waals surface area contributed by atoms with Crippen LogP contribution < -0.4 is 0 Å². The largest absolute Gasteiger partial charge is 0.481 e. The summed E-state index contributed by atoms with van der Waals surface area (Å²) in [5.41, 5.74) is 1.70. The Bertz CT molecular complexity index is 533. The standard InChI is InChI=1S/C10H10N2O2S/c1-5-6(2)15-10-9(5)7(3-8(13)14)11-4-12-10/h4H,3H2,1-2H3,(H,13,14). The van der Waals surface area contributed by atoms with E-state index in [1.165, 1.54) is 6.33 Å². The van der Waals surface area contributed by atoms with Crippen molar-refractivity contribution in [3.05, 3.63) is 22.5 Å². The van der Waals surface area contributed by atoms with Gasteiger partial charge in [-0.3, -0.25) is 4.79 Å². The molecule has 0 unspecified atom stereocenters. The maximum Gasteiger partial charge on any atom is 0.309 e. The average molecular weight is 222 g/mol. The van der Waals surface area contributed by atoms with Crippen LogP contribution in [0.25, 0.3) is 10.2 Å². The normalized spacial score (nSPS) is 10.8. The molecule has 0 fully saturated rings. The molecule has 0 aliphatic carbocycles. The van der Waals surface area contributed by atoms with Crippen molar-refractivity contribution in [3.63, 3.8) is 0 Å². The number of hydrogen-bond donors (Lipinski definition) is 1. The second-order valence-corrected chi connectivity index (χ2v) is 4.56. The molecule has 2 heterocycles. The van der Waals surface area contributed by atoms with Crippen molar-refractivity contribution >= 4 is 27.5 Å². The van der Waals surface area contributed by atoms with Crippen molar-refractivity contribution < 1.29 is 9.90 Å². The average Bonchev–Trinajstić information content (AvgIpc) is 2.43. The SMILES string of the molecule is Cc1sc2ncnc(CC(=O)O)c2c1C. The van der Waals surface area contributed by atoms with E-state index in [4.69, 9.17) is 5.11 Å². The van der Waals surface area contributed by atoms with Crippen LogP contribution in [0.4, 0.5) is 0 Å². The van der Waals surface area contributed by atoms with Crippen molar-refractivity contribution in [2.45, 2.75) is 20.3 Å². The molecule has 15 heavy (non-hydrogen) atoms. The highest BCUT2D eigenvalue weighted by Gasteiger charge is 2.13. The third kappa shape index (κ3) is 1.70. The molecule has 4 nitrogen and oxygen atoms in total. The first kappa shape index (κ1) is 10.0. The van der Waals surface area contributed by atoms with Gasteiger partial charge in [-0.1, -0.05) is 0 Å². The van der Waals surface area contributed by atoms with Gasteiger partial charge in [0.15, 0.2) is 0 Å². The van der Waals surface area contributed by atoms with Gasteiger partial charge in [0, 0.05) is 10.3 Å². The summed E-state index contributed by atoms with van der Waals surface area (Å²) in [7, 11) is 0. The molecule has 0 amide bonds. The lowest BCUT2D eigenvalue weighted by atomic mass is 10.1. The van der Waals surface area contributed by atoms with Crippen LogP contribution in [-0.2, 0) is 11.2 Å². The number of aryl methyl sites for hydroxylation is 2. The first-order valence-corrected chi connectivity index (χ1v) is 5.32. The monoisotopic (exact) mass is 222 g/mol. The van der Waals surface area contributed by atoms with Gasteiger partial charge >= 0.3 is 5.97 Å². The van der Waals surface area contributed by atoms with Crippen LogP contribution in [0.5, 0.6) is 0 Å². The summed E-state index contributed by atoms with van der Waals surface area (Å²) in [5, 5.41) is 9.67. The van der Waals surface area contributed by atoms with Crippen molar-refractivity contribution in [2.24, 2.45) is 0 Å². The topological polar surface area (TPSA) is 63.1 Å². The highest BCUT2D eigenvalue weighted by atomic mass is 32.1. The summed E-state index contributed by atoms with van der Waals surface area (Å²) in [4.78, 5) is 20.9. The van der Waals surface area contributed by atoms with Crippen molar-refractivity contribution in [2.75, 3.05) is 0 Å². The van der Waals surface area contributed by atoms with Gasteiger partial charge in [0.25, 0.3) is 0 Å². The minimum atomic E-state index is -0.863. The van der Waals surface area contributed by atoms with E-state index in [0.717, 1.165) is 20.7 Å². The molecular formula is C10H10N2O2S. The van der Waals surface area contributed by atoms with Crippen LogP contribution in [0.3, 0.4) is 0 Å². The molecule has 0 spiro atoms. The third-order valence-corrected chi connectivity index (χ3v) is 3.48. The number of hydrogen-bond acceptors (Lipinski definition) is 4. The van der Waals surface area contributed by atoms with Gasteiger partial charge in [-0.15, -0.1) is 11.3 Å². The van der Waals surface area contributed by atoms with Gasteiger partial charge in [-0.25, -0.2) is 9.97 Å². The van der Waals surface area contributed by atoms with E-state index in [1.807, 2.05) is 13.8 Å². The third-order valence-electron chi connectivity index (χ3n) is 2.36. The second kappa shape index (κ2) is 3.58. The molecular weight excluding hydrogens is 212 g/mol. The summed E-state index contributed by atoms with van der Waals surface area (Å²) in [6.45, 7) is 3.98. The Morgan fingerprint density at radius 2 is 2.20 bits per heavy atom. The number of carboxylic acids is 1. The lowest BCUT2D eigenvalue weighted by molar-refractivity contribution is -0.136. The zero-order valence-corrected chi connectivity index (χ0v) is 9.26. The van der Waals surface area contributed by atoms with Gasteiger partial charge in [0.1, 0.15) is 11.2 Å². The number of aromatic nitrogens is 2. The molecule has 0 saturated heterocycles. The van der Waals surface area contributed by atoms with Crippen LogP contribution in [0, 0.1) is 13.8 Å². The summed E-state index contributed by atoms with van der Waals surface area (Å²) >= 11 is 1.58. The van der Waals surface area contributed by atoms with E-state index in [0.29, 0.717) is 5.69 Å². The maximum absolute atomic E-state index is 10.7. The zero-order chi connectivity index (χ0) is 11.0. The quantitative estimate of drug-likeness (QED) is 0.843. The highest BCUT2D eigenvalue weighted by Crippen LogP contribution is 2.30. The second-order valence-electron chi connectivity index (χ2n) is 3.35. The smallest absolute Gasteiger partial charge is 0.309 e. The number of rotatable bonds is 2. The van der Waals surface area contributed by atoms with Crippen molar-refractivity contribution in [1.29, 1.82) is 0 Å².